The minimum absolute atomic E-state index is 0.101. The van der Waals surface area contributed by atoms with Crippen LogP contribution in [0.5, 0.6) is 0 Å². The number of nitrogens with zero attached hydrogens (tertiary/aromatic N) is 2. The first-order valence-corrected chi connectivity index (χ1v) is 6.69. The van der Waals surface area contributed by atoms with E-state index in [0.29, 0.717) is 19.0 Å². The Hall–Kier alpha value is -1.29. The van der Waals surface area contributed by atoms with Crippen molar-refractivity contribution < 1.29 is 9.90 Å². The lowest BCUT2D eigenvalue weighted by Crippen LogP contribution is -2.45. The summed E-state index contributed by atoms with van der Waals surface area (Å²) < 4.78 is 1.94. The second kappa shape index (κ2) is 5.57. The zero-order valence-electron chi connectivity index (χ0n) is 11.2. The number of rotatable bonds is 5. The van der Waals surface area contributed by atoms with Crippen LogP contribution >= 0.6 is 0 Å². The van der Waals surface area contributed by atoms with Crippen LogP contribution in [0.25, 0.3) is 0 Å². The first kappa shape index (κ1) is 13.1. The first-order valence-electron chi connectivity index (χ1n) is 6.69. The number of aliphatic hydroxyl groups excluding tert-OH is 1. The molecule has 2 rings (SSSR count). The normalized spacial score (nSPS) is 15.5. The molecule has 1 fully saturated rings. The van der Waals surface area contributed by atoms with E-state index in [2.05, 4.69) is 0 Å². The maximum atomic E-state index is 12.5. The molecule has 0 unspecified atom stereocenters. The minimum atomic E-state index is 0.101. The number of carbonyl (C=O) groups is 1. The molecular weight excluding hydrogens is 228 g/mol. The van der Waals surface area contributed by atoms with Crippen molar-refractivity contribution in [1.82, 2.24) is 9.47 Å². The van der Waals surface area contributed by atoms with Crippen molar-refractivity contribution in [1.29, 1.82) is 0 Å². The van der Waals surface area contributed by atoms with Gasteiger partial charge in [-0.3, -0.25) is 4.79 Å². The van der Waals surface area contributed by atoms with Gasteiger partial charge in [-0.15, -0.1) is 0 Å². The van der Waals surface area contributed by atoms with Crippen LogP contribution in [0.1, 0.15) is 41.9 Å². The minimum Gasteiger partial charge on any atom is -0.396 e. The van der Waals surface area contributed by atoms with Crippen LogP contribution in [0.15, 0.2) is 12.1 Å². The van der Waals surface area contributed by atoms with Crippen LogP contribution in [-0.4, -0.2) is 39.7 Å². The Labute approximate surface area is 108 Å². The second-order valence-corrected chi connectivity index (χ2v) is 5.08. The van der Waals surface area contributed by atoms with Gasteiger partial charge in [0.2, 0.25) is 0 Å². The molecule has 1 aliphatic rings. The van der Waals surface area contributed by atoms with Gasteiger partial charge in [0.05, 0.1) is 0 Å². The highest BCUT2D eigenvalue weighted by Crippen LogP contribution is 2.26. The summed E-state index contributed by atoms with van der Waals surface area (Å²) in [5.74, 6) is 0.101. The average Bonchev–Trinajstić information content (AvgIpc) is 2.62. The van der Waals surface area contributed by atoms with Gasteiger partial charge in [0, 0.05) is 31.9 Å². The van der Waals surface area contributed by atoms with Gasteiger partial charge in [0.25, 0.3) is 5.91 Å². The predicted molar refractivity (Wildman–Crippen MR) is 70.5 cm³/mol. The van der Waals surface area contributed by atoms with Crippen LogP contribution in [0.3, 0.4) is 0 Å². The summed E-state index contributed by atoms with van der Waals surface area (Å²) in [6.45, 7) is 2.80. The number of aryl methyl sites for hydroxylation is 1. The van der Waals surface area contributed by atoms with Gasteiger partial charge in [-0.1, -0.05) is 0 Å². The smallest absolute Gasteiger partial charge is 0.270 e. The molecule has 4 heteroatoms. The summed E-state index contributed by atoms with van der Waals surface area (Å²) in [6, 6.07) is 4.24. The highest BCUT2D eigenvalue weighted by atomic mass is 16.3. The van der Waals surface area contributed by atoms with Gasteiger partial charge in [-0.25, -0.2) is 0 Å². The Bertz CT molecular complexity index is 421. The molecule has 18 heavy (non-hydrogen) atoms. The molecule has 1 saturated carbocycles. The average molecular weight is 250 g/mol. The largest absolute Gasteiger partial charge is 0.396 e. The fourth-order valence-corrected chi connectivity index (χ4v) is 2.36. The fraction of sp³-hybridized carbons (Fsp3) is 0.643. The van der Waals surface area contributed by atoms with Crippen molar-refractivity contribution in [3.63, 3.8) is 0 Å². The molecule has 0 bridgehead atoms. The molecule has 0 spiro atoms. The number of aromatic nitrogens is 1. The number of hydrogen-bond donors (Lipinski definition) is 1. The highest BCUT2D eigenvalue weighted by Gasteiger charge is 2.30. The Morgan fingerprint density at radius 3 is 2.67 bits per heavy atom. The molecule has 0 saturated heterocycles. The Morgan fingerprint density at radius 2 is 2.22 bits per heavy atom. The van der Waals surface area contributed by atoms with Crippen molar-refractivity contribution in [3.05, 3.63) is 23.5 Å². The van der Waals surface area contributed by atoms with E-state index in [1.165, 1.54) is 6.42 Å². The van der Waals surface area contributed by atoms with Gasteiger partial charge < -0.3 is 14.6 Å². The molecule has 0 aliphatic heterocycles. The molecule has 1 heterocycles. The summed E-state index contributed by atoms with van der Waals surface area (Å²) >= 11 is 0. The second-order valence-electron chi connectivity index (χ2n) is 5.08. The molecule has 4 nitrogen and oxygen atoms in total. The maximum Gasteiger partial charge on any atom is 0.270 e. The topological polar surface area (TPSA) is 45.5 Å². The van der Waals surface area contributed by atoms with E-state index >= 15 is 0 Å². The van der Waals surface area contributed by atoms with Gasteiger partial charge in [-0.2, -0.15) is 0 Å². The number of aliphatic hydroxyl groups is 1. The summed E-state index contributed by atoms with van der Waals surface area (Å²) in [7, 11) is 1.92. The van der Waals surface area contributed by atoms with E-state index in [4.69, 9.17) is 5.11 Å². The van der Waals surface area contributed by atoms with Crippen LogP contribution in [0, 0.1) is 6.92 Å². The standard InChI is InChI=1S/C14H22N2O2/c1-11-7-8-13(15(11)2)14(18)16(9-4-10-17)12-5-3-6-12/h7-8,12,17H,3-6,9-10H2,1-2H3. The molecule has 0 atom stereocenters. The quantitative estimate of drug-likeness (QED) is 0.864. The van der Waals surface area contributed by atoms with E-state index in [1.807, 2.05) is 35.6 Å². The molecule has 1 amide bonds. The molecular formula is C14H22N2O2. The van der Waals surface area contributed by atoms with E-state index < -0.39 is 0 Å². The van der Waals surface area contributed by atoms with Crippen LogP contribution in [-0.2, 0) is 7.05 Å². The summed E-state index contributed by atoms with van der Waals surface area (Å²) in [4.78, 5) is 14.5. The molecule has 1 aromatic heterocycles. The van der Waals surface area contributed by atoms with E-state index in [0.717, 1.165) is 24.2 Å². The summed E-state index contributed by atoms with van der Waals surface area (Å²) in [6.07, 6.45) is 4.06. The number of carbonyl (C=O) groups excluding carboxylic acids is 1. The molecule has 1 aromatic rings. The van der Waals surface area contributed by atoms with Gasteiger partial charge in [0.1, 0.15) is 5.69 Å². The maximum absolute atomic E-state index is 12.5. The Kier molecular flexibility index (Phi) is 4.07. The fourth-order valence-electron chi connectivity index (χ4n) is 2.36. The number of hydrogen-bond acceptors (Lipinski definition) is 2. The molecule has 1 aliphatic carbocycles. The number of amides is 1. The van der Waals surface area contributed by atoms with E-state index in [-0.39, 0.29) is 12.5 Å². The van der Waals surface area contributed by atoms with Crippen molar-refractivity contribution in [3.8, 4) is 0 Å². The lowest BCUT2D eigenvalue weighted by molar-refractivity contribution is 0.0552. The van der Waals surface area contributed by atoms with E-state index in [1.54, 1.807) is 0 Å². The Balaban J connectivity index is 2.14. The van der Waals surface area contributed by atoms with Crippen LogP contribution < -0.4 is 0 Å². The van der Waals surface area contributed by atoms with Crippen molar-refractivity contribution in [2.45, 2.75) is 38.6 Å². The lowest BCUT2D eigenvalue weighted by atomic mass is 9.91. The van der Waals surface area contributed by atoms with Gasteiger partial charge >= 0.3 is 0 Å². The monoisotopic (exact) mass is 250 g/mol. The third-order valence-electron chi connectivity index (χ3n) is 3.93. The Morgan fingerprint density at radius 1 is 1.50 bits per heavy atom. The molecule has 0 aromatic carbocycles. The van der Waals surface area contributed by atoms with Crippen molar-refractivity contribution in [2.24, 2.45) is 7.05 Å². The third-order valence-corrected chi connectivity index (χ3v) is 3.93. The first-order chi connectivity index (χ1) is 8.65. The molecule has 1 N–H and O–H groups in total. The lowest BCUT2D eigenvalue weighted by Gasteiger charge is -2.37. The van der Waals surface area contributed by atoms with Crippen molar-refractivity contribution >= 4 is 5.91 Å². The van der Waals surface area contributed by atoms with Crippen LogP contribution in [0.4, 0.5) is 0 Å². The van der Waals surface area contributed by atoms with Crippen molar-refractivity contribution in [2.75, 3.05) is 13.2 Å². The molecule has 0 radical (unpaired) electrons. The third kappa shape index (κ3) is 2.43. The zero-order chi connectivity index (χ0) is 13.1. The molecule has 100 valence electrons. The summed E-state index contributed by atoms with van der Waals surface area (Å²) in [5, 5.41) is 8.96. The SMILES string of the molecule is Cc1ccc(C(=O)N(CCCO)C2CCC2)n1C. The zero-order valence-corrected chi connectivity index (χ0v) is 11.2. The van der Waals surface area contributed by atoms with E-state index in [9.17, 15) is 4.79 Å². The predicted octanol–water partition coefficient (Wildman–Crippen LogP) is 1.71. The highest BCUT2D eigenvalue weighted by molar-refractivity contribution is 5.93. The van der Waals surface area contributed by atoms with Crippen LogP contribution in [0.2, 0.25) is 0 Å². The summed E-state index contributed by atoms with van der Waals surface area (Å²) in [5.41, 5.74) is 1.84. The van der Waals surface area contributed by atoms with Gasteiger partial charge in [-0.05, 0) is 44.7 Å². The van der Waals surface area contributed by atoms with Gasteiger partial charge in [0.15, 0.2) is 0 Å².